The highest BCUT2D eigenvalue weighted by atomic mass is 16.6. The van der Waals surface area contributed by atoms with Crippen LogP contribution in [0.5, 0.6) is 0 Å². The molecule has 0 unspecified atom stereocenters. The maximum absolute atomic E-state index is 10.7. The van der Waals surface area contributed by atoms with E-state index in [1.165, 1.54) is 0 Å². The van der Waals surface area contributed by atoms with Crippen LogP contribution >= 0.6 is 0 Å². The zero-order valence-corrected chi connectivity index (χ0v) is 6.60. The molecule has 2 radical (unpaired) electrons. The van der Waals surface area contributed by atoms with Crippen LogP contribution in [-0.2, 0) is 9.53 Å². The Morgan fingerprint density at radius 2 is 2.10 bits per heavy atom. The van der Waals surface area contributed by atoms with E-state index in [2.05, 4.69) is 5.23 Å². The summed E-state index contributed by atoms with van der Waals surface area (Å²) >= 11 is 0. The minimum Gasteiger partial charge on any atom is -0.459 e. The highest BCUT2D eigenvalue weighted by molar-refractivity contribution is 6.05. The lowest BCUT2D eigenvalue weighted by Gasteiger charge is -2.19. The Kier molecular flexibility index (Phi) is 3.43. The summed E-state index contributed by atoms with van der Waals surface area (Å²) in [4.78, 5) is 10.7. The van der Waals surface area contributed by atoms with Crippen LogP contribution in [-0.4, -0.2) is 26.1 Å². The first-order valence-corrected chi connectivity index (χ1v) is 3.11. The molecule has 0 atom stereocenters. The number of hydrogen-bond acceptors (Lipinski definition) is 3. The molecule has 0 aliphatic heterocycles. The second-order valence-corrected chi connectivity index (χ2v) is 2.97. The van der Waals surface area contributed by atoms with Crippen LogP contribution < -0.4 is 5.23 Å². The van der Waals surface area contributed by atoms with E-state index in [1.807, 2.05) is 0 Å². The molecule has 0 amide bonds. The van der Waals surface area contributed by atoms with Gasteiger partial charge in [-0.3, -0.25) is 4.79 Å². The molecule has 0 rings (SSSR count). The molecule has 0 saturated heterocycles. The lowest BCUT2D eigenvalue weighted by Crippen LogP contribution is -2.30. The van der Waals surface area contributed by atoms with Crippen molar-refractivity contribution < 1.29 is 9.53 Å². The minimum absolute atomic E-state index is 0.0528. The van der Waals surface area contributed by atoms with Crippen molar-refractivity contribution in [2.45, 2.75) is 26.4 Å². The smallest absolute Gasteiger partial charge is 0.319 e. The summed E-state index contributed by atoms with van der Waals surface area (Å²) in [5, 5.41) is 2.22. The van der Waals surface area contributed by atoms with Crippen molar-refractivity contribution in [3.05, 3.63) is 0 Å². The molecular formula is C6H12BNO2. The number of ether oxygens (including phenoxy) is 1. The van der Waals surface area contributed by atoms with Crippen LogP contribution in [0.15, 0.2) is 0 Å². The predicted molar refractivity (Wildman–Crippen MR) is 39.6 cm³/mol. The summed E-state index contributed by atoms with van der Waals surface area (Å²) in [5.74, 6) is -0.338. The maximum atomic E-state index is 10.7. The fraction of sp³-hybridized carbons (Fsp3) is 0.833. The van der Waals surface area contributed by atoms with Gasteiger partial charge in [0, 0.05) is 0 Å². The fourth-order valence-corrected chi connectivity index (χ4v) is 0.461. The summed E-state index contributed by atoms with van der Waals surface area (Å²) < 4.78 is 4.90. The number of carbonyl (C=O) groups is 1. The van der Waals surface area contributed by atoms with Crippen LogP contribution in [0.1, 0.15) is 20.8 Å². The molecule has 0 heterocycles. The van der Waals surface area contributed by atoms with Crippen LogP contribution in [0.2, 0.25) is 0 Å². The SMILES string of the molecule is [B]NCC(=O)OC(C)(C)C. The first kappa shape index (κ1) is 9.49. The Balaban J connectivity index is 3.58. The lowest BCUT2D eigenvalue weighted by atomic mass is 10.2. The summed E-state index contributed by atoms with van der Waals surface area (Å²) in [6, 6.07) is 0. The number of esters is 1. The van der Waals surface area contributed by atoms with E-state index in [-0.39, 0.29) is 12.5 Å². The van der Waals surface area contributed by atoms with Gasteiger partial charge >= 0.3 is 5.97 Å². The van der Waals surface area contributed by atoms with Crippen molar-refractivity contribution in [2.75, 3.05) is 6.54 Å². The Hall–Kier alpha value is -0.505. The first-order valence-electron chi connectivity index (χ1n) is 3.11. The van der Waals surface area contributed by atoms with Gasteiger partial charge in [-0.05, 0) is 20.8 Å². The summed E-state index contributed by atoms with van der Waals surface area (Å²) in [6.45, 7) is 5.47. The third kappa shape index (κ3) is 5.63. The third-order valence-electron chi connectivity index (χ3n) is 0.666. The van der Waals surface area contributed by atoms with E-state index in [0.29, 0.717) is 0 Å². The Morgan fingerprint density at radius 3 is 2.40 bits per heavy atom. The van der Waals surface area contributed by atoms with Gasteiger partial charge in [-0.1, -0.05) is 0 Å². The van der Waals surface area contributed by atoms with Gasteiger partial charge in [-0.25, -0.2) is 0 Å². The van der Waals surface area contributed by atoms with Crippen LogP contribution in [0, 0.1) is 0 Å². The maximum Gasteiger partial charge on any atom is 0.319 e. The molecule has 0 aromatic rings. The Bertz CT molecular complexity index is 119. The zero-order chi connectivity index (χ0) is 8.20. The molecule has 0 aromatic heterocycles. The van der Waals surface area contributed by atoms with E-state index in [0.717, 1.165) is 0 Å². The van der Waals surface area contributed by atoms with E-state index < -0.39 is 5.60 Å². The summed E-state index contributed by atoms with van der Waals surface area (Å²) in [7, 11) is 4.90. The molecule has 1 N–H and O–H groups in total. The monoisotopic (exact) mass is 141 g/mol. The molecule has 4 heteroatoms. The highest BCUT2D eigenvalue weighted by Gasteiger charge is 2.14. The molecule has 0 saturated carbocycles. The molecular weight excluding hydrogens is 129 g/mol. The van der Waals surface area contributed by atoms with Gasteiger partial charge in [0.15, 0.2) is 7.98 Å². The molecule has 0 aliphatic carbocycles. The van der Waals surface area contributed by atoms with Crippen molar-refractivity contribution in [3.63, 3.8) is 0 Å². The van der Waals surface area contributed by atoms with Crippen molar-refractivity contribution in [2.24, 2.45) is 0 Å². The number of nitrogens with one attached hydrogen (secondary N) is 1. The molecule has 0 aromatic carbocycles. The standard InChI is InChI=1S/C6H12BNO2/c1-6(2,3)10-5(9)4-8-7/h8H,4H2,1-3H3. The van der Waals surface area contributed by atoms with E-state index in [1.54, 1.807) is 20.8 Å². The van der Waals surface area contributed by atoms with Gasteiger partial charge in [-0.15, -0.1) is 0 Å². The number of hydrogen-bond donors (Lipinski definition) is 1. The van der Waals surface area contributed by atoms with Crippen molar-refractivity contribution in [1.29, 1.82) is 0 Å². The average Bonchev–Trinajstić information content (AvgIpc) is 1.59. The van der Waals surface area contributed by atoms with Gasteiger partial charge in [-0.2, -0.15) is 0 Å². The molecule has 3 nitrogen and oxygen atoms in total. The summed E-state index contributed by atoms with van der Waals surface area (Å²) in [5.41, 5.74) is -0.423. The number of carbonyl (C=O) groups excluding carboxylic acids is 1. The molecule has 56 valence electrons. The largest absolute Gasteiger partial charge is 0.459 e. The molecule has 10 heavy (non-hydrogen) atoms. The second kappa shape index (κ2) is 3.61. The number of rotatable bonds is 2. The van der Waals surface area contributed by atoms with Crippen LogP contribution in [0.25, 0.3) is 0 Å². The predicted octanol–water partition coefficient (Wildman–Crippen LogP) is 0.00120. The fourth-order valence-electron chi connectivity index (χ4n) is 0.461. The van der Waals surface area contributed by atoms with E-state index in [9.17, 15) is 4.79 Å². The van der Waals surface area contributed by atoms with Gasteiger partial charge < -0.3 is 9.96 Å². The molecule has 0 bridgehead atoms. The zero-order valence-electron chi connectivity index (χ0n) is 6.60. The van der Waals surface area contributed by atoms with Gasteiger partial charge in [0.25, 0.3) is 0 Å². The molecule has 0 fully saturated rings. The van der Waals surface area contributed by atoms with E-state index >= 15 is 0 Å². The van der Waals surface area contributed by atoms with E-state index in [4.69, 9.17) is 12.7 Å². The van der Waals surface area contributed by atoms with Gasteiger partial charge in [0.05, 0.1) is 6.54 Å². The van der Waals surface area contributed by atoms with Crippen molar-refractivity contribution in [1.82, 2.24) is 5.23 Å². The molecule has 0 aliphatic rings. The van der Waals surface area contributed by atoms with Crippen molar-refractivity contribution >= 4 is 14.0 Å². The quantitative estimate of drug-likeness (QED) is 0.434. The third-order valence-corrected chi connectivity index (χ3v) is 0.666. The summed E-state index contributed by atoms with van der Waals surface area (Å²) in [6.07, 6.45) is 0. The second-order valence-electron chi connectivity index (χ2n) is 2.97. The normalized spacial score (nSPS) is 11.1. The van der Waals surface area contributed by atoms with Gasteiger partial charge in [0.1, 0.15) is 5.60 Å². The van der Waals surface area contributed by atoms with Crippen LogP contribution in [0.3, 0.4) is 0 Å². The highest BCUT2D eigenvalue weighted by Crippen LogP contribution is 2.05. The minimum atomic E-state index is -0.423. The average molecular weight is 141 g/mol. The van der Waals surface area contributed by atoms with Gasteiger partial charge in [0.2, 0.25) is 0 Å². The van der Waals surface area contributed by atoms with Crippen LogP contribution in [0.4, 0.5) is 0 Å². The Morgan fingerprint density at radius 1 is 1.60 bits per heavy atom. The molecule has 0 spiro atoms. The lowest BCUT2D eigenvalue weighted by molar-refractivity contribution is -0.153. The topological polar surface area (TPSA) is 38.3 Å². The Labute approximate surface area is 62.6 Å². The first-order chi connectivity index (χ1) is 4.45. The van der Waals surface area contributed by atoms with Crippen molar-refractivity contribution in [3.8, 4) is 0 Å².